The number of amides is 1. The van der Waals surface area contributed by atoms with E-state index in [0.29, 0.717) is 11.3 Å². The van der Waals surface area contributed by atoms with Crippen molar-refractivity contribution in [3.8, 4) is 11.8 Å². The Morgan fingerprint density at radius 2 is 1.92 bits per heavy atom. The van der Waals surface area contributed by atoms with Gasteiger partial charge >= 0.3 is 0 Å². The predicted octanol–water partition coefficient (Wildman–Crippen LogP) is 2.85. The molecule has 1 amide bonds. The summed E-state index contributed by atoms with van der Waals surface area (Å²) in [7, 11) is 3.99. The van der Waals surface area contributed by atoms with Crippen LogP contribution in [0.4, 0.5) is 0 Å². The largest absolute Gasteiger partial charge is 0.489 e. The van der Waals surface area contributed by atoms with Gasteiger partial charge in [0.25, 0.3) is 0 Å². The Bertz CT molecular complexity index is 653. The van der Waals surface area contributed by atoms with Gasteiger partial charge in [0.05, 0.1) is 17.2 Å². The molecular weight excluding hydrogens is 314 g/mol. The van der Waals surface area contributed by atoms with Crippen molar-refractivity contribution in [1.29, 1.82) is 5.26 Å². The molecule has 5 nitrogen and oxygen atoms in total. The molecule has 2 saturated carbocycles. The molecule has 0 aromatic heterocycles. The van der Waals surface area contributed by atoms with Gasteiger partial charge in [0.1, 0.15) is 11.8 Å². The zero-order chi connectivity index (χ0) is 17.9. The van der Waals surface area contributed by atoms with Gasteiger partial charge in [-0.05, 0) is 71.2 Å². The second kappa shape index (κ2) is 7.45. The summed E-state index contributed by atoms with van der Waals surface area (Å²) < 4.78 is 6.03. The number of benzene rings is 1. The standard InChI is InChI=1S/C20H27N3O2/c1-23(2)20(12-5-13-20)19(24)22-16-8-10-17(11-9-16)25-18-7-4-3-6-15(18)14-21/h3-4,6-7,16-17H,5,8-13H2,1-2H3,(H,22,24). The summed E-state index contributed by atoms with van der Waals surface area (Å²) in [5.41, 5.74) is 0.287. The van der Waals surface area contributed by atoms with Crippen LogP contribution in [0.25, 0.3) is 0 Å². The summed E-state index contributed by atoms with van der Waals surface area (Å²) in [6.07, 6.45) is 6.81. The van der Waals surface area contributed by atoms with E-state index in [1.54, 1.807) is 6.07 Å². The van der Waals surface area contributed by atoms with Crippen LogP contribution in [0.3, 0.4) is 0 Å². The summed E-state index contributed by atoms with van der Waals surface area (Å²) in [5.74, 6) is 0.849. The topological polar surface area (TPSA) is 65.4 Å². The number of likely N-dealkylation sites (N-methyl/N-ethyl adjacent to an activating group) is 1. The monoisotopic (exact) mass is 341 g/mol. The summed E-state index contributed by atoms with van der Waals surface area (Å²) in [5, 5.41) is 12.4. The number of carbonyl (C=O) groups excluding carboxylic acids is 1. The van der Waals surface area contributed by atoms with Crippen molar-refractivity contribution in [2.45, 2.75) is 62.6 Å². The zero-order valence-corrected chi connectivity index (χ0v) is 15.1. The van der Waals surface area contributed by atoms with Gasteiger partial charge in [0.2, 0.25) is 5.91 Å². The number of rotatable bonds is 5. The Labute approximate surface area is 150 Å². The minimum absolute atomic E-state index is 0.120. The molecule has 25 heavy (non-hydrogen) atoms. The molecule has 3 rings (SSSR count). The van der Waals surface area contributed by atoms with E-state index in [1.165, 1.54) is 0 Å². The molecule has 1 aromatic carbocycles. The van der Waals surface area contributed by atoms with E-state index in [-0.39, 0.29) is 23.6 Å². The number of nitriles is 1. The third-order valence-electron chi connectivity index (χ3n) is 5.77. The number of nitrogens with one attached hydrogen (secondary N) is 1. The fraction of sp³-hybridized carbons (Fsp3) is 0.600. The maximum atomic E-state index is 12.7. The molecule has 0 heterocycles. The lowest BCUT2D eigenvalue weighted by Crippen LogP contribution is -2.62. The van der Waals surface area contributed by atoms with E-state index in [2.05, 4.69) is 16.3 Å². The van der Waals surface area contributed by atoms with Crippen LogP contribution in [0, 0.1) is 11.3 Å². The first-order chi connectivity index (χ1) is 12.0. The quantitative estimate of drug-likeness (QED) is 0.894. The molecule has 0 radical (unpaired) electrons. The number of para-hydroxylation sites is 1. The Morgan fingerprint density at radius 3 is 2.48 bits per heavy atom. The second-order valence-corrected chi connectivity index (χ2v) is 7.45. The molecule has 134 valence electrons. The fourth-order valence-corrected chi connectivity index (χ4v) is 3.88. The first-order valence-corrected chi connectivity index (χ1v) is 9.19. The molecular formula is C20H27N3O2. The van der Waals surface area contributed by atoms with E-state index in [9.17, 15) is 4.79 Å². The van der Waals surface area contributed by atoms with Gasteiger partial charge in [-0.1, -0.05) is 12.1 Å². The Morgan fingerprint density at radius 1 is 1.24 bits per heavy atom. The lowest BCUT2D eigenvalue weighted by Gasteiger charge is -2.46. The van der Waals surface area contributed by atoms with E-state index < -0.39 is 0 Å². The first-order valence-electron chi connectivity index (χ1n) is 9.19. The van der Waals surface area contributed by atoms with Crippen LogP contribution in [0.5, 0.6) is 5.75 Å². The van der Waals surface area contributed by atoms with Gasteiger partial charge in [-0.2, -0.15) is 5.26 Å². The highest BCUT2D eigenvalue weighted by Gasteiger charge is 2.46. The molecule has 0 atom stereocenters. The fourth-order valence-electron chi connectivity index (χ4n) is 3.88. The van der Waals surface area contributed by atoms with Crippen molar-refractivity contribution >= 4 is 5.91 Å². The summed E-state index contributed by atoms with van der Waals surface area (Å²) in [6.45, 7) is 0. The smallest absolute Gasteiger partial charge is 0.240 e. The van der Waals surface area contributed by atoms with Crippen molar-refractivity contribution < 1.29 is 9.53 Å². The van der Waals surface area contributed by atoms with E-state index in [0.717, 1.165) is 44.9 Å². The number of nitrogens with zero attached hydrogens (tertiary/aromatic N) is 2. The van der Waals surface area contributed by atoms with Crippen molar-refractivity contribution in [1.82, 2.24) is 10.2 Å². The normalized spacial score (nSPS) is 24.9. The zero-order valence-electron chi connectivity index (χ0n) is 15.1. The minimum Gasteiger partial charge on any atom is -0.489 e. The molecule has 0 unspecified atom stereocenters. The highest BCUT2D eigenvalue weighted by atomic mass is 16.5. The molecule has 0 spiro atoms. The highest BCUT2D eigenvalue weighted by molar-refractivity contribution is 5.87. The molecule has 2 aliphatic rings. The Hall–Kier alpha value is -2.06. The van der Waals surface area contributed by atoms with Crippen molar-refractivity contribution in [3.05, 3.63) is 29.8 Å². The van der Waals surface area contributed by atoms with Crippen LogP contribution >= 0.6 is 0 Å². The van der Waals surface area contributed by atoms with Gasteiger partial charge < -0.3 is 10.1 Å². The number of hydrogen-bond donors (Lipinski definition) is 1. The van der Waals surface area contributed by atoms with Crippen LogP contribution in [-0.4, -0.2) is 42.6 Å². The third-order valence-corrected chi connectivity index (χ3v) is 5.77. The number of carbonyl (C=O) groups is 1. The van der Waals surface area contributed by atoms with Crippen molar-refractivity contribution in [3.63, 3.8) is 0 Å². The maximum Gasteiger partial charge on any atom is 0.240 e. The van der Waals surface area contributed by atoms with Gasteiger partial charge in [0, 0.05) is 6.04 Å². The minimum atomic E-state index is -0.293. The lowest BCUT2D eigenvalue weighted by atomic mass is 9.74. The van der Waals surface area contributed by atoms with Crippen LogP contribution in [0.15, 0.2) is 24.3 Å². The van der Waals surface area contributed by atoms with E-state index >= 15 is 0 Å². The van der Waals surface area contributed by atoms with Gasteiger partial charge in [-0.15, -0.1) is 0 Å². The maximum absolute atomic E-state index is 12.7. The highest BCUT2D eigenvalue weighted by Crippen LogP contribution is 2.37. The van der Waals surface area contributed by atoms with E-state index in [4.69, 9.17) is 10.00 Å². The molecule has 0 aliphatic heterocycles. The van der Waals surface area contributed by atoms with Crippen LogP contribution < -0.4 is 10.1 Å². The second-order valence-electron chi connectivity index (χ2n) is 7.45. The average Bonchev–Trinajstić information content (AvgIpc) is 2.55. The predicted molar refractivity (Wildman–Crippen MR) is 96.2 cm³/mol. The summed E-state index contributed by atoms with van der Waals surface area (Å²) in [6, 6.07) is 9.77. The molecule has 1 N–H and O–H groups in total. The lowest BCUT2D eigenvalue weighted by molar-refractivity contribution is -0.138. The molecule has 0 saturated heterocycles. The van der Waals surface area contributed by atoms with Crippen LogP contribution in [-0.2, 0) is 4.79 Å². The molecule has 0 bridgehead atoms. The van der Waals surface area contributed by atoms with Crippen LogP contribution in [0.1, 0.15) is 50.5 Å². The SMILES string of the molecule is CN(C)C1(C(=O)NC2CCC(Oc3ccccc3C#N)CC2)CCC1. The third kappa shape index (κ3) is 3.64. The van der Waals surface area contributed by atoms with E-state index in [1.807, 2.05) is 32.3 Å². The molecule has 2 aliphatic carbocycles. The first kappa shape index (κ1) is 17.8. The molecule has 2 fully saturated rings. The molecule has 5 heteroatoms. The van der Waals surface area contributed by atoms with Gasteiger partial charge in [-0.25, -0.2) is 0 Å². The number of ether oxygens (including phenoxy) is 1. The number of hydrogen-bond acceptors (Lipinski definition) is 4. The Balaban J connectivity index is 1.51. The van der Waals surface area contributed by atoms with Gasteiger partial charge in [0.15, 0.2) is 0 Å². The van der Waals surface area contributed by atoms with Gasteiger partial charge in [-0.3, -0.25) is 9.69 Å². The van der Waals surface area contributed by atoms with Crippen molar-refractivity contribution in [2.75, 3.05) is 14.1 Å². The summed E-state index contributed by atoms with van der Waals surface area (Å²) in [4.78, 5) is 14.8. The average molecular weight is 341 g/mol. The summed E-state index contributed by atoms with van der Waals surface area (Å²) >= 11 is 0. The molecule has 1 aromatic rings. The van der Waals surface area contributed by atoms with Crippen molar-refractivity contribution in [2.24, 2.45) is 0 Å². The Kier molecular flexibility index (Phi) is 5.29. The van der Waals surface area contributed by atoms with Crippen LogP contribution in [0.2, 0.25) is 0 Å².